The van der Waals surface area contributed by atoms with Gasteiger partial charge in [0.2, 0.25) is 0 Å². The van der Waals surface area contributed by atoms with Crippen molar-refractivity contribution in [3.63, 3.8) is 0 Å². The van der Waals surface area contributed by atoms with Crippen molar-refractivity contribution in [2.75, 3.05) is 11.9 Å². The molecule has 7 heteroatoms. The Hall–Kier alpha value is -1.27. The Kier molecular flexibility index (Phi) is 4.01. The normalized spacial score (nSPS) is 19.5. The second-order valence-electron chi connectivity index (χ2n) is 4.18. The van der Waals surface area contributed by atoms with Gasteiger partial charge in [0.1, 0.15) is 6.10 Å². The lowest BCUT2D eigenvalue weighted by atomic mass is 10.1. The summed E-state index contributed by atoms with van der Waals surface area (Å²) in [4.78, 5) is 11.7. The van der Waals surface area contributed by atoms with Crippen molar-refractivity contribution in [2.45, 2.75) is 25.1 Å². The van der Waals surface area contributed by atoms with E-state index in [0.29, 0.717) is 13.0 Å². The van der Waals surface area contributed by atoms with Crippen LogP contribution in [0.3, 0.4) is 0 Å². The van der Waals surface area contributed by atoms with E-state index in [1.54, 1.807) is 0 Å². The number of amides is 1. The first-order chi connectivity index (χ1) is 8.88. The summed E-state index contributed by atoms with van der Waals surface area (Å²) in [6, 6.07) is 3.21. The molecule has 0 unspecified atom stereocenters. The van der Waals surface area contributed by atoms with Gasteiger partial charge < -0.3 is 10.1 Å². The maximum atomic E-state index is 12.8. The van der Waals surface area contributed by atoms with Crippen LogP contribution in [-0.2, 0) is 15.7 Å². The average molecular weight is 294 g/mol. The van der Waals surface area contributed by atoms with Gasteiger partial charge in [-0.15, -0.1) is 0 Å². The zero-order chi connectivity index (χ0) is 14.0. The lowest BCUT2D eigenvalue weighted by Crippen LogP contribution is -2.28. The molecule has 3 nitrogen and oxygen atoms in total. The van der Waals surface area contributed by atoms with Gasteiger partial charge >= 0.3 is 6.18 Å². The minimum atomic E-state index is -4.58. The second kappa shape index (κ2) is 5.38. The molecule has 19 heavy (non-hydrogen) atoms. The highest BCUT2D eigenvalue weighted by atomic mass is 35.5. The number of hydrogen-bond donors (Lipinski definition) is 1. The van der Waals surface area contributed by atoms with Gasteiger partial charge in [-0.25, -0.2) is 0 Å². The zero-order valence-electron chi connectivity index (χ0n) is 9.76. The van der Waals surface area contributed by atoms with Crippen LogP contribution in [0.15, 0.2) is 18.2 Å². The minimum absolute atomic E-state index is 0.0394. The molecule has 1 aromatic rings. The summed E-state index contributed by atoms with van der Waals surface area (Å²) in [5.41, 5.74) is -1.27. The molecule has 1 aliphatic rings. The molecule has 2 rings (SSSR count). The van der Waals surface area contributed by atoms with Crippen LogP contribution in [0.1, 0.15) is 18.4 Å². The Balaban J connectivity index is 2.22. The summed E-state index contributed by atoms with van der Waals surface area (Å²) < 4.78 is 43.6. The van der Waals surface area contributed by atoms with Crippen molar-refractivity contribution in [1.29, 1.82) is 0 Å². The van der Waals surface area contributed by atoms with Crippen LogP contribution in [0, 0.1) is 0 Å². The molecule has 1 heterocycles. The summed E-state index contributed by atoms with van der Waals surface area (Å²) in [6.45, 7) is 0.449. The first-order valence-electron chi connectivity index (χ1n) is 5.67. The first kappa shape index (κ1) is 14.1. The largest absolute Gasteiger partial charge is 0.418 e. The Bertz CT molecular complexity index is 484. The molecule has 0 bridgehead atoms. The lowest BCUT2D eigenvalue weighted by Gasteiger charge is -2.16. The number of hydrogen-bond acceptors (Lipinski definition) is 2. The van der Waals surface area contributed by atoms with E-state index in [9.17, 15) is 18.0 Å². The van der Waals surface area contributed by atoms with Crippen molar-refractivity contribution in [1.82, 2.24) is 0 Å². The number of carbonyl (C=O) groups excluding carboxylic acids is 1. The summed E-state index contributed by atoms with van der Waals surface area (Å²) in [5.74, 6) is -0.565. The van der Waals surface area contributed by atoms with E-state index in [1.165, 1.54) is 6.07 Å². The van der Waals surface area contributed by atoms with Gasteiger partial charge in [0.15, 0.2) is 0 Å². The fourth-order valence-electron chi connectivity index (χ4n) is 1.86. The van der Waals surface area contributed by atoms with Gasteiger partial charge in [-0.05, 0) is 31.0 Å². The maximum Gasteiger partial charge on any atom is 0.418 e. The molecular formula is C12H11ClF3NO2. The topological polar surface area (TPSA) is 38.3 Å². The van der Waals surface area contributed by atoms with Gasteiger partial charge in [0.05, 0.1) is 11.3 Å². The molecule has 0 aliphatic carbocycles. The third-order valence-electron chi connectivity index (χ3n) is 2.77. The van der Waals surface area contributed by atoms with Crippen LogP contribution in [0.25, 0.3) is 0 Å². The van der Waals surface area contributed by atoms with E-state index < -0.39 is 23.8 Å². The molecule has 1 saturated heterocycles. The quantitative estimate of drug-likeness (QED) is 0.906. The smallest absolute Gasteiger partial charge is 0.368 e. The van der Waals surface area contributed by atoms with Crippen LogP contribution in [0.5, 0.6) is 0 Å². The molecule has 104 valence electrons. The first-order valence-corrected chi connectivity index (χ1v) is 6.05. The minimum Gasteiger partial charge on any atom is -0.368 e. The standard InChI is InChI=1S/C12H11ClF3NO2/c13-7-3-4-9(8(6-7)12(14,15)16)17-11(18)10-2-1-5-19-10/h3-4,6,10H,1-2,5H2,(H,17,18)/t10-/m1/s1. The summed E-state index contributed by atoms with van der Waals surface area (Å²) in [5, 5.41) is 2.20. The number of anilines is 1. The van der Waals surface area contributed by atoms with Crippen molar-refractivity contribution in [3.8, 4) is 0 Å². The molecule has 1 fully saturated rings. The zero-order valence-corrected chi connectivity index (χ0v) is 10.5. The van der Waals surface area contributed by atoms with Gasteiger partial charge in [0, 0.05) is 11.6 Å². The van der Waals surface area contributed by atoms with E-state index in [2.05, 4.69) is 5.32 Å². The van der Waals surface area contributed by atoms with E-state index in [4.69, 9.17) is 16.3 Å². The summed E-state index contributed by atoms with van der Waals surface area (Å²) in [6.07, 6.45) is -4.02. The number of halogens is 4. The van der Waals surface area contributed by atoms with Crippen molar-refractivity contribution < 1.29 is 22.7 Å². The third-order valence-corrected chi connectivity index (χ3v) is 3.00. The van der Waals surface area contributed by atoms with Crippen LogP contribution in [-0.4, -0.2) is 18.6 Å². The molecule has 0 aromatic heterocycles. The van der Waals surface area contributed by atoms with E-state index >= 15 is 0 Å². The van der Waals surface area contributed by atoms with Crippen molar-refractivity contribution in [3.05, 3.63) is 28.8 Å². The number of benzene rings is 1. The number of ether oxygens (including phenoxy) is 1. The predicted octanol–water partition coefficient (Wildman–Crippen LogP) is 3.48. The highest BCUT2D eigenvalue weighted by Crippen LogP contribution is 2.36. The van der Waals surface area contributed by atoms with E-state index in [1.807, 2.05) is 0 Å². The van der Waals surface area contributed by atoms with E-state index in [0.717, 1.165) is 18.6 Å². The number of nitrogens with one attached hydrogen (secondary N) is 1. The molecule has 0 saturated carbocycles. The summed E-state index contributed by atoms with van der Waals surface area (Å²) >= 11 is 5.55. The molecule has 1 amide bonds. The monoisotopic (exact) mass is 293 g/mol. The molecule has 0 radical (unpaired) electrons. The van der Waals surface area contributed by atoms with Gasteiger partial charge in [-0.3, -0.25) is 4.79 Å². The average Bonchev–Trinajstić information content (AvgIpc) is 2.83. The highest BCUT2D eigenvalue weighted by Gasteiger charge is 2.35. The SMILES string of the molecule is O=C(Nc1ccc(Cl)cc1C(F)(F)F)[C@H]1CCCO1. The van der Waals surface area contributed by atoms with Crippen LogP contribution in [0.2, 0.25) is 5.02 Å². The third kappa shape index (κ3) is 3.39. The summed E-state index contributed by atoms with van der Waals surface area (Å²) in [7, 11) is 0. The molecule has 1 atom stereocenters. The van der Waals surface area contributed by atoms with Gasteiger partial charge in [0.25, 0.3) is 5.91 Å². The van der Waals surface area contributed by atoms with E-state index in [-0.39, 0.29) is 10.7 Å². The van der Waals surface area contributed by atoms with Crippen molar-refractivity contribution in [2.24, 2.45) is 0 Å². The number of carbonyl (C=O) groups is 1. The van der Waals surface area contributed by atoms with Gasteiger partial charge in [-0.2, -0.15) is 13.2 Å². The Morgan fingerprint density at radius 1 is 1.42 bits per heavy atom. The van der Waals surface area contributed by atoms with Gasteiger partial charge in [-0.1, -0.05) is 11.6 Å². The molecule has 1 aliphatic heterocycles. The Morgan fingerprint density at radius 3 is 2.74 bits per heavy atom. The maximum absolute atomic E-state index is 12.8. The van der Waals surface area contributed by atoms with Crippen LogP contribution >= 0.6 is 11.6 Å². The highest BCUT2D eigenvalue weighted by molar-refractivity contribution is 6.30. The molecule has 1 aromatic carbocycles. The second-order valence-corrected chi connectivity index (χ2v) is 4.62. The Labute approximate surface area is 112 Å². The Morgan fingerprint density at radius 2 is 2.16 bits per heavy atom. The van der Waals surface area contributed by atoms with Crippen LogP contribution < -0.4 is 5.32 Å². The molecule has 1 N–H and O–H groups in total. The number of alkyl halides is 3. The molecule has 0 spiro atoms. The molecular weight excluding hydrogens is 283 g/mol. The fourth-order valence-corrected chi connectivity index (χ4v) is 2.03. The number of rotatable bonds is 2. The van der Waals surface area contributed by atoms with Crippen molar-refractivity contribution >= 4 is 23.2 Å². The van der Waals surface area contributed by atoms with Crippen LogP contribution in [0.4, 0.5) is 18.9 Å². The lowest BCUT2D eigenvalue weighted by molar-refractivity contribution is -0.137. The fraction of sp³-hybridized carbons (Fsp3) is 0.417. The predicted molar refractivity (Wildman–Crippen MR) is 64.1 cm³/mol.